The van der Waals surface area contributed by atoms with E-state index in [1.807, 2.05) is 18.2 Å². The normalized spacial score (nSPS) is 20.2. The Balaban J connectivity index is 1.40. The minimum atomic E-state index is 0.00124. The first kappa shape index (κ1) is 22.0. The summed E-state index contributed by atoms with van der Waals surface area (Å²) in [4.78, 5) is 18.2. The van der Waals surface area contributed by atoms with Crippen molar-refractivity contribution >= 4 is 39.0 Å². The number of piperidine rings is 1. The molecular formula is C27H30N6O2. The molecule has 3 saturated heterocycles. The second-order valence-electron chi connectivity index (χ2n) is 9.81. The van der Waals surface area contributed by atoms with Crippen molar-refractivity contribution in [2.45, 2.75) is 31.7 Å². The van der Waals surface area contributed by atoms with E-state index in [0.29, 0.717) is 12.2 Å². The van der Waals surface area contributed by atoms with Crippen molar-refractivity contribution in [3.63, 3.8) is 0 Å². The Morgan fingerprint density at radius 2 is 1.91 bits per heavy atom. The van der Waals surface area contributed by atoms with Crippen LogP contribution in [0.2, 0.25) is 0 Å². The maximum atomic E-state index is 6.53. The fraction of sp³-hybridized carbons (Fsp3) is 0.370. The van der Waals surface area contributed by atoms with E-state index in [2.05, 4.69) is 75.4 Å². The van der Waals surface area contributed by atoms with Crippen molar-refractivity contribution in [3.05, 3.63) is 55.0 Å². The number of fused-ring (bicyclic) bond motifs is 4. The molecule has 8 heteroatoms. The summed E-state index contributed by atoms with van der Waals surface area (Å²) in [6.45, 7) is 4.70. The molecule has 7 rings (SSSR count). The minimum Gasteiger partial charge on any atom is -0.488 e. The lowest BCUT2D eigenvalue weighted by atomic mass is 9.98. The molecule has 1 N–H and O–H groups in total. The predicted octanol–water partition coefficient (Wildman–Crippen LogP) is 4.23. The Morgan fingerprint density at radius 3 is 2.71 bits per heavy atom. The van der Waals surface area contributed by atoms with Gasteiger partial charge in [0.15, 0.2) is 0 Å². The highest BCUT2D eigenvalue weighted by molar-refractivity contribution is 5.98. The van der Waals surface area contributed by atoms with Gasteiger partial charge in [0.25, 0.3) is 0 Å². The van der Waals surface area contributed by atoms with Crippen LogP contribution in [0.25, 0.3) is 21.8 Å². The highest BCUT2D eigenvalue weighted by Gasteiger charge is 2.38. The third-order valence-electron chi connectivity index (χ3n) is 6.63. The van der Waals surface area contributed by atoms with E-state index in [0.717, 1.165) is 70.8 Å². The Bertz CT molecular complexity index is 1360. The van der Waals surface area contributed by atoms with Gasteiger partial charge in [-0.2, -0.15) is 0 Å². The van der Waals surface area contributed by atoms with Crippen LogP contribution in [0.4, 0.5) is 17.2 Å². The van der Waals surface area contributed by atoms with E-state index in [1.165, 1.54) is 0 Å². The molecule has 4 aromatic rings. The van der Waals surface area contributed by atoms with Crippen LogP contribution in [0.5, 0.6) is 5.75 Å². The molecule has 2 aromatic carbocycles. The van der Waals surface area contributed by atoms with Crippen molar-refractivity contribution < 1.29 is 9.47 Å². The monoisotopic (exact) mass is 470 g/mol. The van der Waals surface area contributed by atoms with Crippen molar-refractivity contribution in [1.29, 1.82) is 0 Å². The smallest absolute Gasteiger partial charge is 0.145 e. The number of ether oxygens (including phenoxy) is 2. The molecule has 3 aliphatic rings. The zero-order valence-corrected chi connectivity index (χ0v) is 20.3. The van der Waals surface area contributed by atoms with E-state index in [-0.39, 0.29) is 6.10 Å². The summed E-state index contributed by atoms with van der Waals surface area (Å²) in [6.07, 6.45) is 5.23. The maximum Gasteiger partial charge on any atom is 0.145 e. The van der Waals surface area contributed by atoms with Crippen molar-refractivity contribution in [3.8, 4) is 5.75 Å². The van der Waals surface area contributed by atoms with Crippen molar-refractivity contribution in [2.75, 3.05) is 43.9 Å². The number of nitrogens with zero attached hydrogens (tertiary/aromatic N) is 5. The molecule has 180 valence electrons. The van der Waals surface area contributed by atoms with Gasteiger partial charge in [0.05, 0.1) is 28.6 Å². The molecule has 2 aromatic heterocycles. The third-order valence-corrected chi connectivity index (χ3v) is 6.63. The van der Waals surface area contributed by atoms with Gasteiger partial charge in [0.2, 0.25) is 0 Å². The number of likely N-dealkylation sites (N-methyl/N-ethyl adjacent to an activating group) is 1. The summed E-state index contributed by atoms with van der Waals surface area (Å²) < 4.78 is 12.4. The SMILES string of the molecule is C[C@@H](CN(C)C)Oc1cc(N2CC3CC(C2)O3)cc2ncnc(Nc3ccc4ncccc4c3)c12. The first-order valence-electron chi connectivity index (χ1n) is 12.1. The van der Waals surface area contributed by atoms with Crippen LogP contribution in [-0.2, 0) is 4.74 Å². The summed E-state index contributed by atoms with van der Waals surface area (Å²) in [5, 5.41) is 5.45. The Kier molecular flexibility index (Phi) is 5.62. The topological polar surface area (TPSA) is 75.6 Å². The first-order chi connectivity index (χ1) is 17.0. The van der Waals surface area contributed by atoms with E-state index >= 15 is 0 Å². The number of hydrogen-bond donors (Lipinski definition) is 1. The number of hydrogen-bond acceptors (Lipinski definition) is 8. The molecule has 2 bridgehead atoms. The lowest BCUT2D eigenvalue weighted by Crippen LogP contribution is -2.57. The average molecular weight is 471 g/mol. The Labute approximate surface area is 204 Å². The number of nitrogens with one attached hydrogen (secondary N) is 1. The molecule has 3 atom stereocenters. The van der Waals surface area contributed by atoms with Gasteiger partial charge in [-0.3, -0.25) is 4.98 Å². The second-order valence-corrected chi connectivity index (χ2v) is 9.81. The molecule has 3 fully saturated rings. The molecule has 2 unspecified atom stereocenters. The van der Waals surface area contributed by atoms with Crippen LogP contribution < -0.4 is 15.0 Å². The van der Waals surface area contributed by atoms with Gasteiger partial charge < -0.3 is 24.6 Å². The van der Waals surface area contributed by atoms with Crippen LogP contribution in [-0.4, -0.2) is 71.9 Å². The van der Waals surface area contributed by atoms with Gasteiger partial charge in [0, 0.05) is 55.1 Å². The standard InChI is InChI=1S/C27H30N6O2/c1-17(13-32(2)3)34-25-11-20(33-14-21-12-22(15-33)35-21)10-24-26(25)27(30-16-29-24)31-19-6-7-23-18(9-19)5-4-8-28-23/h4-11,16-17,21-22H,12-15H2,1-3H3,(H,29,30,31)/t17-,21?,22?/m0/s1. The summed E-state index contributed by atoms with van der Waals surface area (Å²) in [5.74, 6) is 1.51. The summed E-state index contributed by atoms with van der Waals surface area (Å²) >= 11 is 0. The number of benzene rings is 2. The van der Waals surface area contributed by atoms with Gasteiger partial charge in [-0.1, -0.05) is 6.07 Å². The highest BCUT2D eigenvalue weighted by atomic mass is 16.5. The Morgan fingerprint density at radius 1 is 1.09 bits per heavy atom. The molecule has 5 heterocycles. The predicted molar refractivity (Wildman–Crippen MR) is 139 cm³/mol. The molecule has 3 aliphatic heterocycles. The lowest BCUT2D eigenvalue weighted by Gasteiger charge is -2.48. The summed E-state index contributed by atoms with van der Waals surface area (Å²) in [5.41, 5.74) is 3.87. The van der Waals surface area contributed by atoms with Gasteiger partial charge >= 0.3 is 0 Å². The second kappa shape index (κ2) is 8.94. The van der Waals surface area contributed by atoms with E-state index in [1.54, 1.807) is 12.5 Å². The van der Waals surface area contributed by atoms with Crippen molar-refractivity contribution in [2.24, 2.45) is 0 Å². The molecule has 0 aliphatic carbocycles. The number of aromatic nitrogens is 3. The number of rotatable bonds is 7. The highest BCUT2D eigenvalue weighted by Crippen LogP contribution is 2.39. The molecular weight excluding hydrogens is 440 g/mol. The molecule has 0 amide bonds. The lowest BCUT2D eigenvalue weighted by molar-refractivity contribution is -0.133. The fourth-order valence-corrected chi connectivity index (χ4v) is 5.13. The largest absolute Gasteiger partial charge is 0.488 e. The molecule has 0 radical (unpaired) electrons. The number of anilines is 3. The first-order valence-corrected chi connectivity index (χ1v) is 12.1. The molecule has 0 spiro atoms. The zero-order valence-electron chi connectivity index (χ0n) is 20.3. The van der Waals surface area contributed by atoms with Crippen molar-refractivity contribution in [1.82, 2.24) is 19.9 Å². The van der Waals surface area contributed by atoms with E-state index < -0.39 is 0 Å². The summed E-state index contributed by atoms with van der Waals surface area (Å²) in [7, 11) is 4.11. The van der Waals surface area contributed by atoms with Gasteiger partial charge in [0.1, 0.15) is 24.0 Å². The van der Waals surface area contributed by atoms with Gasteiger partial charge in [-0.05, 0) is 51.4 Å². The average Bonchev–Trinajstić information content (AvgIpc) is 2.83. The van der Waals surface area contributed by atoms with Crippen LogP contribution in [0.1, 0.15) is 13.3 Å². The number of pyridine rings is 1. The van der Waals surface area contributed by atoms with Crippen LogP contribution in [0.15, 0.2) is 55.0 Å². The maximum absolute atomic E-state index is 6.53. The number of morpholine rings is 1. The quantitative estimate of drug-likeness (QED) is 0.430. The summed E-state index contributed by atoms with van der Waals surface area (Å²) in [6, 6.07) is 14.4. The van der Waals surface area contributed by atoms with E-state index in [4.69, 9.17) is 9.47 Å². The fourth-order valence-electron chi connectivity index (χ4n) is 5.13. The Hall–Kier alpha value is -3.49. The van der Waals surface area contributed by atoms with E-state index in [9.17, 15) is 0 Å². The third kappa shape index (κ3) is 4.47. The van der Waals surface area contributed by atoms with Gasteiger partial charge in [-0.25, -0.2) is 9.97 Å². The van der Waals surface area contributed by atoms with Crippen LogP contribution in [0, 0.1) is 0 Å². The molecule has 35 heavy (non-hydrogen) atoms. The van der Waals surface area contributed by atoms with Crippen LogP contribution >= 0.6 is 0 Å². The molecule has 8 nitrogen and oxygen atoms in total. The van der Waals surface area contributed by atoms with Crippen LogP contribution in [0.3, 0.4) is 0 Å². The zero-order chi connectivity index (χ0) is 23.9. The minimum absolute atomic E-state index is 0.00124. The van der Waals surface area contributed by atoms with Gasteiger partial charge in [-0.15, -0.1) is 0 Å². The molecule has 0 saturated carbocycles.